The van der Waals surface area contributed by atoms with Gasteiger partial charge in [-0.05, 0) is 31.4 Å². The maximum atomic E-state index is 12.7. The highest BCUT2D eigenvalue weighted by Crippen LogP contribution is 2.38. The van der Waals surface area contributed by atoms with E-state index in [2.05, 4.69) is 5.16 Å². The van der Waals surface area contributed by atoms with Gasteiger partial charge in [-0.1, -0.05) is 23.7 Å². The molecule has 8 heteroatoms. The molecule has 3 rings (SSSR count). The lowest BCUT2D eigenvalue weighted by atomic mass is 10.1. The number of nitrogens with zero attached hydrogens (tertiary/aromatic N) is 2. The third-order valence-electron chi connectivity index (χ3n) is 3.58. The first-order valence-corrected chi connectivity index (χ1v) is 9.38. The predicted octanol–water partition coefficient (Wildman–Crippen LogP) is 3.48. The number of thiophene rings is 1. The van der Waals surface area contributed by atoms with E-state index < -0.39 is 10.0 Å². The van der Waals surface area contributed by atoms with E-state index in [1.54, 1.807) is 12.1 Å². The molecule has 0 bridgehead atoms. The van der Waals surface area contributed by atoms with Crippen LogP contribution in [0, 0.1) is 0 Å². The number of aryl methyl sites for hydroxylation is 1. The highest BCUT2D eigenvalue weighted by Gasteiger charge is 2.39. The molecule has 5 nitrogen and oxygen atoms in total. The minimum absolute atomic E-state index is 0.273. The van der Waals surface area contributed by atoms with Crippen molar-refractivity contribution in [1.29, 1.82) is 0 Å². The van der Waals surface area contributed by atoms with Crippen molar-refractivity contribution in [3.63, 3.8) is 0 Å². The Bertz CT molecular complexity index is 738. The van der Waals surface area contributed by atoms with Crippen LogP contribution in [0.3, 0.4) is 0 Å². The van der Waals surface area contributed by atoms with Crippen LogP contribution in [-0.2, 0) is 16.4 Å². The Hall–Kier alpha value is -0.890. The Labute approximate surface area is 132 Å². The first kappa shape index (κ1) is 15.0. The number of rotatable bonds is 4. The summed E-state index contributed by atoms with van der Waals surface area (Å²) in [6.07, 6.45) is 2.32. The minimum atomic E-state index is -3.53. The Morgan fingerprint density at radius 3 is 2.95 bits per heavy atom. The summed E-state index contributed by atoms with van der Waals surface area (Å²) in [6, 6.07) is 4.73. The molecule has 2 aromatic rings. The van der Waals surface area contributed by atoms with Gasteiger partial charge >= 0.3 is 0 Å². The number of sulfonamides is 1. The van der Waals surface area contributed by atoms with Crippen LogP contribution in [-0.4, -0.2) is 24.4 Å². The Morgan fingerprint density at radius 2 is 2.33 bits per heavy atom. The number of hydrogen-bond donors (Lipinski definition) is 0. The van der Waals surface area contributed by atoms with Crippen molar-refractivity contribution in [2.24, 2.45) is 0 Å². The van der Waals surface area contributed by atoms with Crippen molar-refractivity contribution in [3.05, 3.63) is 34.0 Å². The molecule has 0 spiro atoms. The van der Waals surface area contributed by atoms with Crippen molar-refractivity contribution in [1.82, 2.24) is 9.46 Å². The van der Waals surface area contributed by atoms with Crippen LogP contribution in [0.1, 0.15) is 37.3 Å². The third-order valence-corrected chi connectivity index (χ3v) is 7.19. The molecule has 1 fully saturated rings. The number of halogens is 1. The smallest absolute Gasteiger partial charge is 0.253 e. The zero-order chi connectivity index (χ0) is 15.0. The average Bonchev–Trinajstić information content (AvgIpc) is 3.17. The molecule has 0 unspecified atom stereocenters. The van der Waals surface area contributed by atoms with Gasteiger partial charge in [-0.3, -0.25) is 0 Å². The molecule has 0 saturated carbocycles. The molecule has 1 saturated heterocycles. The fourth-order valence-corrected chi connectivity index (χ4v) is 5.79. The second-order valence-corrected chi connectivity index (χ2v) is 8.74. The summed E-state index contributed by atoms with van der Waals surface area (Å²) >= 11 is 6.93. The third kappa shape index (κ3) is 2.75. The largest absolute Gasteiger partial charge is 0.359 e. The van der Waals surface area contributed by atoms with Gasteiger partial charge in [0, 0.05) is 12.6 Å². The van der Waals surface area contributed by atoms with Crippen LogP contribution in [0.4, 0.5) is 0 Å². The molecule has 0 aromatic carbocycles. The van der Waals surface area contributed by atoms with E-state index in [0.29, 0.717) is 16.6 Å². The van der Waals surface area contributed by atoms with Gasteiger partial charge in [0.2, 0.25) is 0 Å². The van der Waals surface area contributed by atoms with Gasteiger partial charge in [-0.15, -0.1) is 11.3 Å². The lowest BCUT2D eigenvalue weighted by Gasteiger charge is -2.21. The Morgan fingerprint density at radius 1 is 1.52 bits per heavy atom. The van der Waals surface area contributed by atoms with E-state index in [1.807, 2.05) is 13.0 Å². The normalized spacial score (nSPS) is 20.2. The fourth-order valence-electron chi connectivity index (χ4n) is 2.52. The standard InChI is InChI=1S/C13H15ClN2O3S2/c1-2-9-8-11(19-15-9)10-4-3-7-16(10)21(17,18)13-6-5-12(14)20-13/h5-6,8,10H,2-4,7H2,1H3/t10-/m0/s1. The van der Waals surface area contributed by atoms with Crippen molar-refractivity contribution in [3.8, 4) is 0 Å². The Balaban J connectivity index is 1.93. The summed E-state index contributed by atoms with van der Waals surface area (Å²) in [5.41, 5.74) is 0.841. The summed E-state index contributed by atoms with van der Waals surface area (Å²) in [7, 11) is -3.53. The molecule has 2 aromatic heterocycles. The maximum absolute atomic E-state index is 12.7. The summed E-state index contributed by atoms with van der Waals surface area (Å²) in [5.74, 6) is 0.621. The monoisotopic (exact) mass is 346 g/mol. The average molecular weight is 347 g/mol. The van der Waals surface area contributed by atoms with E-state index >= 15 is 0 Å². The van der Waals surface area contributed by atoms with Crippen LogP contribution in [0.15, 0.2) is 26.9 Å². The van der Waals surface area contributed by atoms with E-state index in [-0.39, 0.29) is 10.3 Å². The van der Waals surface area contributed by atoms with Crippen LogP contribution in [0.5, 0.6) is 0 Å². The maximum Gasteiger partial charge on any atom is 0.253 e. The highest BCUT2D eigenvalue weighted by molar-refractivity contribution is 7.91. The summed E-state index contributed by atoms with van der Waals surface area (Å²) in [5, 5.41) is 3.96. The summed E-state index contributed by atoms with van der Waals surface area (Å²) in [6.45, 7) is 2.48. The first-order chi connectivity index (χ1) is 10.0. The topological polar surface area (TPSA) is 63.4 Å². The lowest BCUT2D eigenvalue weighted by Crippen LogP contribution is -2.30. The molecule has 1 aliphatic rings. The summed E-state index contributed by atoms with van der Waals surface area (Å²) < 4.78 is 33.0. The molecule has 0 aliphatic carbocycles. The molecule has 0 N–H and O–H groups in total. The van der Waals surface area contributed by atoms with Crippen LogP contribution >= 0.6 is 22.9 Å². The van der Waals surface area contributed by atoms with Crippen LogP contribution in [0.2, 0.25) is 4.34 Å². The molecule has 21 heavy (non-hydrogen) atoms. The van der Waals surface area contributed by atoms with Gasteiger partial charge in [-0.2, -0.15) is 4.31 Å². The van der Waals surface area contributed by atoms with E-state index in [0.717, 1.165) is 36.3 Å². The van der Waals surface area contributed by atoms with Gasteiger partial charge < -0.3 is 4.52 Å². The molecule has 1 aliphatic heterocycles. The van der Waals surface area contributed by atoms with Crippen molar-refractivity contribution in [2.75, 3.05) is 6.54 Å². The SMILES string of the molecule is CCc1cc([C@@H]2CCCN2S(=O)(=O)c2ccc(Cl)s2)on1. The second kappa shape index (κ2) is 5.72. The predicted molar refractivity (Wildman–Crippen MR) is 81.1 cm³/mol. The molecule has 1 atom stereocenters. The van der Waals surface area contributed by atoms with Gasteiger partial charge in [-0.25, -0.2) is 8.42 Å². The van der Waals surface area contributed by atoms with Gasteiger partial charge in [0.15, 0.2) is 5.76 Å². The van der Waals surface area contributed by atoms with Gasteiger partial charge in [0.1, 0.15) is 4.21 Å². The van der Waals surface area contributed by atoms with Crippen molar-refractivity contribution in [2.45, 2.75) is 36.4 Å². The van der Waals surface area contributed by atoms with Crippen LogP contribution in [0.25, 0.3) is 0 Å². The molecular weight excluding hydrogens is 332 g/mol. The molecule has 0 radical (unpaired) electrons. The highest BCUT2D eigenvalue weighted by atomic mass is 35.5. The number of hydrogen-bond acceptors (Lipinski definition) is 5. The van der Waals surface area contributed by atoms with Crippen molar-refractivity contribution >= 4 is 33.0 Å². The number of aromatic nitrogens is 1. The van der Waals surface area contributed by atoms with Gasteiger partial charge in [0.25, 0.3) is 10.0 Å². The van der Waals surface area contributed by atoms with Crippen molar-refractivity contribution < 1.29 is 12.9 Å². The van der Waals surface area contributed by atoms with Gasteiger partial charge in [0.05, 0.1) is 16.1 Å². The molecular formula is C13H15ClN2O3S2. The lowest BCUT2D eigenvalue weighted by molar-refractivity contribution is 0.297. The van der Waals surface area contributed by atoms with E-state index in [4.69, 9.17) is 16.1 Å². The Kier molecular flexibility index (Phi) is 4.09. The fraction of sp³-hybridized carbons (Fsp3) is 0.462. The first-order valence-electron chi connectivity index (χ1n) is 6.75. The zero-order valence-corrected chi connectivity index (χ0v) is 13.8. The second-order valence-electron chi connectivity index (χ2n) is 4.91. The molecule has 114 valence electrons. The van der Waals surface area contributed by atoms with Crippen LogP contribution < -0.4 is 0 Å². The molecule has 3 heterocycles. The minimum Gasteiger partial charge on any atom is -0.359 e. The van der Waals surface area contributed by atoms with E-state index in [9.17, 15) is 8.42 Å². The summed E-state index contributed by atoms with van der Waals surface area (Å²) in [4.78, 5) is 0. The quantitative estimate of drug-likeness (QED) is 0.850. The van der Waals surface area contributed by atoms with E-state index in [1.165, 1.54) is 4.31 Å². The molecule has 0 amide bonds. The zero-order valence-electron chi connectivity index (χ0n) is 11.5.